The lowest BCUT2D eigenvalue weighted by molar-refractivity contribution is 0.594. The van der Waals surface area contributed by atoms with Gasteiger partial charge in [0, 0.05) is 0 Å². The Morgan fingerprint density at radius 3 is 2.59 bits per heavy atom. The fraction of sp³-hybridized carbons (Fsp3) is 0.286. The maximum atomic E-state index is 9.69. The second-order valence-corrected chi connectivity index (χ2v) is 6.08. The molecule has 0 unspecified atom stereocenters. The zero-order chi connectivity index (χ0) is 12.3. The molecule has 0 aliphatic heterocycles. The quantitative estimate of drug-likeness (QED) is 0.797. The third kappa shape index (κ3) is 2.94. The van der Waals surface area contributed by atoms with E-state index in [0.29, 0.717) is 0 Å². The van der Waals surface area contributed by atoms with Crippen LogP contribution in [-0.2, 0) is 6.42 Å². The van der Waals surface area contributed by atoms with Gasteiger partial charge in [-0.05, 0) is 48.1 Å². The van der Waals surface area contributed by atoms with Crippen molar-refractivity contribution in [1.29, 1.82) is 0 Å². The van der Waals surface area contributed by atoms with Crippen LogP contribution in [0.3, 0.4) is 0 Å². The van der Waals surface area contributed by atoms with Crippen molar-refractivity contribution in [3.63, 3.8) is 0 Å². The lowest BCUT2D eigenvalue weighted by Crippen LogP contribution is -2.25. The van der Waals surface area contributed by atoms with Gasteiger partial charge in [-0.3, -0.25) is 0 Å². The second kappa shape index (κ2) is 5.45. The fourth-order valence-electron chi connectivity index (χ4n) is 1.95. The molecule has 0 fully saturated rings. The maximum absolute atomic E-state index is 9.69. The molecule has 2 aromatic rings. The molecule has 2 N–H and O–H groups in total. The molecule has 0 saturated heterocycles. The second-order valence-electron chi connectivity index (χ2n) is 4.34. The summed E-state index contributed by atoms with van der Waals surface area (Å²) in [5, 5.41) is 6.71. The molecular weight excluding hydrogens is 226 g/mol. The zero-order valence-corrected chi connectivity index (χ0v) is 11.3. The first kappa shape index (κ1) is 12.3. The number of hydrogen-bond donors (Lipinski definition) is 2. The number of hydrogen-bond acceptors (Lipinski definition) is 2. The summed E-state index contributed by atoms with van der Waals surface area (Å²) in [5.74, 6) is 0. The first-order chi connectivity index (χ1) is 8.20. The van der Waals surface area contributed by atoms with Gasteiger partial charge in [-0.15, -0.1) is 0 Å². The molecule has 0 amide bonds. The molecular formula is C14H18NOSi. The van der Waals surface area contributed by atoms with Gasteiger partial charge in [0.25, 0.3) is 0 Å². The number of nitrogens with one attached hydrogen (secondary N) is 1. The summed E-state index contributed by atoms with van der Waals surface area (Å²) in [7, 11) is 0.625. The van der Waals surface area contributed by atoms with Crippen molar-refractivity contribution >= 4 is 25.0 Å². The van der Waals surface area contributed by atoms with Crippen LogP contribution >= 0.6 is 0 Å². The average Bonchev–Trinajstić information content (AvgIpc) is 2.35. The standard InChI is InChI=1S/C14H18NOSi/c1-15-8-7-11-3-4-12-5-6-14(17(2)16)10-13(12)9-11/h3-6,9-10,15-16H,7-8H2,1-2H3. The molecule has 0 bridgehead atoms. The summed E-state index contributed by atoms with van der Waals surface area (Å²) in [5.41, 5.74) is 1.34. The lowest BCUT2D eigenvalue weighted by atomic mass is 10.1. The highest BCUT2D eigenvalue weighted by atomic mass is 28.3. The molecule has 0 atom stereocenters. The molecule has 1 radical (unpaired) electrons. The van der Waals surface area contributed by atoms with Crippen molar-refractivity contribution in [2.24, 2.45) is 0 Å². The number of likely N-dealkylation sites (N-methyl/N-ethyl adjacent to an activating group) is 1. The molecule has 2 nitrogen and oxygen atoms in total. The van der Waals surface area contributed by atoms with Gasteiger partial charge in [-0.1, -0.05) is 36.4 Å². The van der Waals surface area contributed by atoms with Gasteiger partial charge in [0.1, 0.15) is 0 Å². The van der Waals surface area contributed by atoms with E-state index < -0.39 is 9.04 Å². The average molecular weight is 244 g/mol. The Morgan fingerprint density at radius 1 is 1.12 bits per heavy atom. The van der Waals surface area contributed by atoms with Crippen LogP contribution in [0.2, 0.25) is 6.55 Å². The summed E-state index contributed by atoms with van der Waals surface area (Å²) in [6, 6.07) is 12.8. The van der Waals surface area contributed by atoms with Crippen LogP contribution < -0.4 is 10.5 Å². The number of fused-ring (bicyclic) bond motifs is 1. The minimum atomic E-state index is -1.34. The molecule has 0 aromatic heterocycles. The van der Waals surface area contributed by atoms with E-state index in [1.54, 1.807) is 0 Å². The van der Waals surface area contributed by atoms with Crippen LogP contribution in [0.5, 0.6) is 0 Å². The first-order valence-electron chi connectivity index (χ1n) is 5.91. The van der Waals surface area contributed by atoms with Gasteiger partial charge in [-0.2, -0.15) is 0 Å². The minimum absolute atomic E-state index is 0.994. The molecule has 89 valence electrons. The molecule has 2 aromatic carbocycles. The zero-order valence-electron chi connectivity index (χ0n) is 10.3. The summed E-state index contributed by atoms with van der Waals surface area (Å²) >= 11 is 0. The van der Waals surface area contributed by atoms with Crippen molar-refractivity contribution in [3.8, 4) is 0 Å². The van der Waals surface area contributed by atoms with E-state index in [2.05, 4.69) is 35.6 Å². The molecule has 17 heavy (non-hydrogen) atoms. The van der Waals surface area contributed by atoms with Gasteiger partial charge in [0.2, 0.25) is 9.04 Å². The monoisotopic (exact) mass is 244 g/mol. The smallest absolute Gasteiger partial charge is 0.239 e. The van der Waals surface area contributed by atoms with E-state index >= 15 is 0 Å². The molecule has 3 heteroatoms. The van der Waals surface area contributed by atoms with Gasteiger partial charge >= 0.3 is 0 Å². The highest BCUT2D eigenvalue weighted by Crippen LogP contribution is 2.15. The van der Waals surface area contributed by atoms with Crippen molar-refractivity contribution < 1.29 is 4.80 Å². The Bertz CT molecular complexity index is 511. The Labute approximate surface area is 104 Å². The van der Waals surface area contributed by atoms with Crippen LogP contribution in [0.25, 0.3) is 10.8 Å². The fourth-order valence-corrected chi connectivity index (χ4v) is 2.64. The van der Waals surface area contributed by atoms with Crippen molar-refractivity contribution in [1.82, 2.24) is 5.32 Å². The van der Waals surface area contributed by atoms with Crippen LogP contribution in [-0.4, -0.2) is 27.4 Å². The highest BCUT2D eigenvalue weighted by Gasteiger charge is 2.05. The van der Waals surface area contributed by atoms with Gasteiger partial charge < -0.3 is 10.1 Å². The van der Waals surface area contributed by atoms with Crippen LogP contribution in [0.4, 0.5) is 0 Å². The van der Waals surface area contributed by atoms with Gasteiger partial charge in [-0.25, -0.2) is 0 Å². The predicted molar refractivity (Wildman–Crippen MR) is 75.0 cm³/mol. The molecule has 0 aliphatic carbocycles. The molecule has 0 aliphatic rings. The van der Waals surface area contributed by atoms with E-state index in [0.717, 1.165) is 18.2 Å². The largest absolute Gasteiger partial charge is 0.427 e. The third-order valence-corrected chi connectivity index (χ3v) is 4.13. The van der Waals surface area contributed by atoms with Gasteiger partial charge in [0.05, 0.1) is 0 Å². The summed E-state index contributed by atoms with van der Waals surface area (Å²) in [6.45, 7) is 2.89. The van der Waals surface area contributed by atoms with Crippen LogP contribution in [0.15, 0.2) is 36.4 Å². The Balaban J connectivity index is 2.36. The first-order valence-corrected chi connectivity index (χ1v) is 7.85. The Morgan fingerprint density at radius 2 is 1.88 bits per heavy atom. The lowest BCUT2D eigenvalue weighted by Gasteiger charge is -2.07. The Kier molecular flexibility index (Phi) is 3.94. The van der Waals surface area contributed by atoms with E-state index in [1.807, 2.05) is 19.7 Å². The maximum Gasteiger partial charge on any atom is 0.239 e. The summed E-state index contributed by atoms with van der Waals surface area (Å²) in [4.78, 5) is 9.69. The highest BCUT2D eigenvalue weighted by molar-refractivity contribution is 6.65. The normalized spacial score (nSPS) is 11.3. The molecule has 2 rings (SSSR count). The van der Waals surface area contributed by atoms with Crippen molar-refractivity contribution in [3.05, 3.63) is 42.0 Å². The molecule has 0 spiro atoms. The molecule has 0 heterocycles. The van der Waals surface area contributed by atoms with E-state index in [4.69, 9.17) is 0 Å². The number of benzene rings is 2. The van der Waals surface area contributed by atoms with Crippen LogP contribution in [0.1, 0.15) is 5.56 Å². The Hall–Kier alpha value is -1.16. The topological polar surface area (TPSA) is 32.3 Å². The summed E-state index contributed by atoms with van der Waals surface area (Å²) < 4.78 is 0. The van der Waals surface area contributed by atoms with E-state index in [9.17, 15) is 4.80 Å². The SMILES string of the molecule is CNCCc1ccc2ccc([Si](C)O)cc2c1. The third-order valence-electron chi connectivity index (χ3n) is 2.99. The molecule has 0 saturated carbocycles. The number of rotatable bonds is 4. The summed E-state index contributed by atoms with van der Waals surface area (Å²) in [6.07, 6.45) is 1.04. The predicted octanol–water partition coefficient (Wildman–Crippen LogP) is 1.42. The van der Waals surface area contributed by atoms with Crippen LogP contribution in [0, 0.1) is 0 Å². The van der Waals surface area contributed by atoms with E-state index in [-0.39, 0.29) is 0 Å². The van der Waals surface area contributed by atoms with Gasteiger partial charge in [0.15, 0.2) is 0 Å². The van der Waals surface area contributed by atoms with Crippen molar-refractivity contribution in [2.75, 3.05) is 13.6 Å². The minimum Gasteiger partial charge on any atom is -0.427 e. The van der Waals surface area contributed by atoms with E-state index in [1.165, 1.54) is 16.3 Å². The van der Waals surface area contributed by atoms with Crippen molar-refractivity contribution in [2.45, 2.75) is 13.0 Å².